The Balaban J connectivity index is 0.00000196. The van der Waals surface area contributed by atoms with E-state index < -0.39 is 0 Å². The molecule has 0 bridgehead atoms. The second kappa shape index (κ2) is 5.80. The van der Waals surface area contributed by atoms with Gasteiger partial charge in [0.1, 0.15) is 0 Å². The Bertz CT molecular complexity index is 366. The van der Waals surface area contributed by atoms with Crippen LogP contribution in [0.1, 0.15) is 31.9 Å². The SMILES string of the molecule is CC(C)(C)c1cccc(C#CCN)c1.Cl. The van der Waals surface area contributed by atoms with E-state index in [4.69, 9.17) is 5.73 Å². The first-order valence-electron chi connectivity index (χ1n) is 4.83. The van der Waals surface area contributed by atoms with E-state index in [0.717, 1.165) is 5.56 Å². The Hall–Kier alpha value is -0.970. The van der Waals surface area contributed by atoms with E-state index in [1.165, 1.54) is 5.56 Å². The van der Waals surface area contributed by atoms with Gasteiger partial charge in [-0.3, -0.25) is 0 Å². The van der Waals surface area contributed by atoms with Crippen LogP contribution in [0.5, 0.6) is 0 Å². The quantitative estimate of drug-likeness (QED) is 0.673. The zero-order valence-corrected chi connectivity index (χ0v) is 10.3. The Morgan fingerprint density at radius 2 is 1.93 bits per heavy atom. The molecule has 1 aromatic rings. The van der Waals surface area contributed by atoms with E-state index in [1.807, 2.05) is 12.1 Å². The molecule has 2 heteroatoms. The maximum absolute atomic E-state index is 5.33. The van der Waals surface area contributed by atoms with Gasteiger partial charge in [-0.05, 0) is 23.1 Å². The van der Waals surface area contributed by atoms with E-state index in [-0.39, 0.29) is 17.8 Å². The molecule has 0 amide bonds. The van der Waals surface area contributed by atoms with Crippen molar-refractivity contribution in [1.82, 2.24) is 0 Å². The highest BCUT2D eigenvalue weighted by molar-refractivity contribution is 5.85. The molecule has 0 radical (unpaired) electrons. The minimum Gasteiger partial charge on any atom is -0.320 e. The topological polar surface area (TPSA) is 26.0 Å². The molecule has 0 heterocycles. The molecule has 0 aliphatic rings. The third-order valence-corrected chi connectivity index (χ3v) is 2.06. The average molecular weight is 224 g/mol. The molecule has 0 fully saturated rings. The highest BCUT2D eigenvalue weighted by Gasteiger charge is 2.12. The van der Waals surface area contributed by atoms with Crippen LogP contribution in [0.2, 0.25) is 0 Å². The van der Waals surface area contributed by atoms with Gasteiger partial charge in [0.25, 0.3) is 0 Å². The predicted octanol–water partition coefficient (Wildman–Crippen LogP) is 2.72. The molecule has 0 aliphatic carbocycles. The van der Waals surface area contributed by atoms with E-state index in [9.17, 15) is 0 Å². The standard InChI is InChI=1S/C13H17N.ClH/c1-13(2,3)12-8-4-6-11(10-12)7-5-9-14;/h4,6,8,10H,9,14H2,1-3H3;1H. The third-order valence-electron chi connectivity index (χ3n) is 2.06. The van der Waals surface area contributed by atoms with Gasteiger partial charge in [0.05, 0.1) is 6.54 Å². The summed E-state index contributed by atoms with van der Waals surface area (Å²) in [7, 11) is 0. The summed E-state index contributed by atoms with van der Waals surface area (Å²) in [4.78, 5) is 0. The smallest absolute Gasteiger partial charge is 0.0555 e. The summed E-state index contributed by atoms with van der Waals surface area (Å²) in [5.74, 6) is 5.90. The summed E-state index contributed by atoms with van der Waals surface area (Å²) in [6.07, 6.45) is 0. The lowest BCUT2D eigenvalue weighted by molar-refractivity contribution is 0.590. The fraction of sp³-hybridized carbons (Fsp3) is 0.385. The lowest BCUT2D eigenvalue weighted by atomic mass is 9.86. The molecule has 0 saturated carbocycles. The van der Waals surface area contributed by atoms with Crippen LogP contribution in [0.3, 0.4) is 0 Å². The molecule has 0 saturated heterocycles. The van der Waals surface area contributed by atoms with Crippen LogP contribution < -0.4 is 5.73 Å². The summed E-state index contributed by atoms with van der Waals surface area (Å²) >= 11 is 0. The number of benzene rings is 1. The molecular weight excluding hydrogens is 206 g/mol. The van der Waals surface area contributed by atoms with Crippen molar-refractivity contribution in [3.63, 3.8) is 0 Å². The highest BCUT2D eigenvalue weighted by atomic mass is 35.5. The monoisotopic (exact) mass is 223 g/mol. The first-order chi connectivity index (χ1) is 6.54. The van der Waals surface area contributed by atoms with Gasteiger partial charge in [-0.15, -0.1) is 12.4 Å². The Kier molecular flexibility index (Phi) is 5.43. The van der Waals surface area contributed by atoms with Gasteiger partial charge in [-0.2, -0.15) is 0 Å². The number of halogens is 1. The molecule has 0 unspecified atom stereocenters. The van der Waals surface area contributed by atoms with Crippen molar-refractivity contribution in [2.75, 3.05) is 6.54 Å². The summed E-state index contributed by atoms with van der Waals surface area (Å²) < 4.78 is 0. The fourth-order valence-electron chi connectivity index (χ4n) is 1.22. The van der Waals surface area contributed by atoms with Crippen molar-refractivity contribution in [2.45, 2.75) is 26.2 Å². The number of hydrogen-bond donors (Lipinski definition) is 1. The van der Waals surface area contributed by atoms with Crippen molar-refractivity contribution in [3.05, 3.63) is 35.4 Å². The van der Waals surface area contributed by atoms with Gasteiger partial charge in [0.2, 0.25) is 0 Å². The lowest BCUT2D eigenvalue weighted by Gasteiger charge is -2.18. The Morgan fingerprint density at radius 3 is 2.47 bits per heavy atom. The first kappa shape index (κ1) is 14.0. The third kappa shape index (κ3) is 4.38. The van der Waals surface area contributed by atoms with E-state index in [2.05, 4.69) is 44.7 Å². The van der Waals surface area contributed by atoms with Crippen LogP contribution in [0.15, 0.2) is 24.3 Å². The second-order valence-electron chi connectivity index (χ2n) is 4.34. The van der Waals surface area contributed by atoms with Crippen LogP contribution in [0.4, 0.5) is 0 Å². The number of nitrogens with two attached hydrogens (primary N) is 1. The summed E-state index contributed by atoms with van der Waals surface area (Å²) in [6.45, 7) is 7.01. The molecule has 15 heavy (non-hydrogen) atoms. The summed E-state index contributed by atoms with van der Waals surface area (Å²) in [5, 5.41) is 0. The molecule has 82 valence electrons. The average Bonchev–Trinajstić information content (AvgIpc) is 2.14. The lowest BCUT2D eigenvalue weighted by Crippen LogP contribution is -2.10. The summed E-state index contributed by atoms with van der Waals surface area (Å²) in [6, 6.07) is 8.31. The molecule has 1 aromatic carbocycles. The molecule has 0 spiro atoms. The molecule has 0 aromatic heterocycles. The largest absolute Gasteiger partial charge is 0.320 e. The molecule has 0 atom stereocenters. The van der Waals surface area contributed by atoms with Gasteiger partial charge in [0.15, 0.2) is 0 Å². The molecule has 0 aliphatic heterocycles. The van der Waals surface area contributed by atoms with E-state index >= 15 is 0 Å². The minimum atomic E-state index is 0. The van der Waals surface area contributed by atoms with Crippen LogP contribution in [-0.2, 0) is 5.41 Å². The van der Waals surface area contributed by atoms with Crippen LogP contribution in [0.25, 0.3) is 0 Å². The number of rotatable bonds is 0. The van der Waals surface area contributed by atoms with Crippen LogP contribution in [0, 0.1) is 11.8 Å². The van der Waals surface area contributed by atoms with Crippen molar-refractivity contribution >= 4 is 12.4 Å². The number of hydrogen-bond acceptors (Lipinski definition) is 1. The van der Waals surface area contributed by atoms with Crippen molar-refractivity contribution < 1.29 is 0 Å². The molecule has 1 rings (SSSR count). The fourth-order valence-corrected chi connectivity index (χ4v) is 1.22. The maximum atomic E-state index is 5.33. The molecule has 1 nitrogen and oxygen atoms in total. The van der Waals surface area contributed by atoms with Gasteiger partial charge >= 0.3 is 0 Å². The minimum absolute atomic E-state index is 0. The Morgan fingerprint density at radius 1 is 1.27 bits per heavy atom. The van der Waals surface area contributed by atoms with Crippen molar-refractivity contribution in [2.24, 2.45) is 5.73 Å². The van der Waals surface area contributed by atoms with Gasteiger partial charge in [-0.25, -0.2) is 0 Å². The zero-order chi connectivity index (χ0) is 10.6. The predicted molar refractivity (Wildman–Crippen MR) is 68.3 cm³/mol. The van der Waals surface area contributed by atoms with Crippen LogP contribution >= 0.6 is 12.4 Å². The molecule has 2 N–H and O–H groups in total. The van der Waals surface area contributed by atoms with Crippen molar-refractivity contribution in [1.29, 1.82) is 0 Å². The second-order valence-corrected chi connectivity index (χ2v) is 4.34. The first-order valence-corrected chi connectivity index (χ1v) is 4.83. The van der Waals surface area contributed by atoms with Crippen LogP contribution in [-0.4, -0.2) is 6.54 Å². The highest BCUT2D eigenvalue weighted by Crippen LogP contribution is 2.22. The normalized spacial score (nSPS) is 9.87. The van der Waals surface area contributed by atoms with Gasteiger partial charge in [0, 0.05) is 5.56 Å². The molecular formula is C13H18ClN. The van der Waals surface area contributed by atoms with Gasteiger partial charge in [-0.1, -0.05) is 44.7 Å². The maximum Gasteiger partial charge on any atom is 0.0555 e. The zero-order valence-electron chi connectivity index (χ0n) is 9.50. The Labute approximate surface area is 98.5 Å². The summed E-state index contributed by atoms with van der Waals surface area (Å²) in [5.41, 5.74) is 7.86. The van der Waals surface area contributed by atoms with E-state index in [1.54, 1.807) is 0 Å². The van der Waals surface area contributed by atoms with E-state index in [0.29, 0.717) is 6.54 Å². The van der Waals surface area contributed by atoms with Gasteiger partial charge < -0.3 is 5.73 Å². The van der Waals surface area contributed by atoms with Crippen molar-refractivity contribution in [3.8, 4) is 11.8 Å².